The Balaban J connectivity index is 1.44. The van der Waals surface area contributed by atoms with Crippen molar-refractivity contribution < 1.29 is 0 Å². The van der Waals surface area contributed by atoms with Crippen molar-refractivity contribution in [1.29, 1.82) is 0 Å². The third kappa shape index (κ3) is 4.05. The molecule has 140 valence electrons. The number of rotatable bonds is 5. The van der Waals surface area contributed by atoms with Gasteiger partial charge in [-0.05, 0) is 30.7 Å². The summed E-state index contributed by atoms with van der Waals surface area (Å²) < 4.78 is 2.24. The van der Waals surface area contributed by atoms with Crippen molar-refractivity contribution in [2.45, 2.75) is 30.5 Å². The molecule has 1 aliphatic rings. The number of nitrogens with zero attached hydrogens (tertiary/aromatic N) is 6. The van der Waals surface area contributed by atoms with E-state index in [0.717, 1.165) is 49.3 Å². The zero-order valence-corrected chi connectivity index (χ0v) is 16.1. The van der Waals surface area contributed by atoms with Crippen molar-refractivity contribution >= 4 is 23.4 Å². The van der Waals surface area contributed by atoms with E-state index in [4.69, 9.17) is 5.73 Å². The van der Waals surface area contributed by atoms with Crippen LogP contribution in [0.1, 0.15) is 30.1 Å². The standard InChI is InChI=1S/C19H23N7S/c1-27-19-23-16(20)11-17(24-19)25-8-4-15(5-9-25)18-22-7-10-26(18)13-14-3-2-6-21-12-14/h2-3,6-7,10-12,15H,4-5,8-9,13H2,1H3,(H2,20,23,24). The SMILES string of the molecule is CSc1nc(N)cc(N2CCC(c3nccn3Cc3cccnc3)CC2)n1. The Kier molecular flexibility index (Phi) is 5.24. The van der Waals surface area contributed by atoms with Gasteiger partial charge in [-0.3, -0.25) is 4.98 Å². The molecular formula is C19H23N7S. The maximum atomic E-state index is 5.93. The van der Waals surface area contributed by atoms with Crippen LogP contribution in [0.4, 0.5) is 11.6 Å². The molecule has 0 atom stereocenters. The van der Waals surface area contributed by atoms with Crippen LogP contribution in [0.25, 0.3) is 0 Å². The summed E-state index contributed by atoms with van der Waals surface area (Å²) in [6.07, 6.45) is 11.7. The molecular weight excluding hydrogens is 358 g/mol. The predicted molar refractivity (Wildman–Crippen MR) is 108 cm³/mol. The van der Waals surface area contributed by atoms with Gasteiger partial charge in [-0.25, -0.2) is 15.0 Å². The number of piperidine rings is 1. The van der Waals surface area contributed by atoms with Gasteiger partial charge < -0.3 is 15.2 Å². The van der Waals surface area contributed by atoms with Gasteiger partial charge in [0.05, 0.1) is 6.54 Å². The van der Waals surface area contributed by atoms with E-state index in [1.165, 1.54) is 17.3 Å². The molecule has 0 spiro atoms. The molecule has 2 N–H and O–H groups in total. The van der Waals surface area contributed by atoms with E-state index in [1.807, 2.05) is 30.8 Å². The number of pyridine rings is 1. The van der Waals surface area contributed by atoms with Crippen molar-refractivity contribution in [2.75, 3.05) is 30.0 Å². The molecule has 0 saturated carbocycles. The minimum absolute atomic E-state index is 0.451. The highest BCUT2D eigenvalue weighted by molar-refractivity contribution is 7.98. The second-order valence-electron chi connectivity index (χ2n) is 6.67. The van der Waals surface area contributed by atoms with E-state index < -0.39 is 0 Å². The maximum Gasteiger partial charge on any atom is 0.191 e. The smallest absolute Gasteiger partial charge is 0.191 e. The molecule has 7 nitrogen and oxygen atoms in total. The van der Waals surface area contributed by atoms with E-state index in [9.17, 15) is 0 Å². The van der Waals surface area contributed by atoms with E-state index in [0.29, 0.717) is 11.7 Å². The number of nitrogen functional groups attached to an aromatic ring is 1. The molecule has 0 radical (unpaired) electrons. The Morgan fingerprint density at radius 2 is 2.07 bits per heavy atom. The summed E-state index contributed by atoms with van der Waals surface area (Å²) in [4.78, 5) is 20.0. The van der Waals surface area contributed by atoms with Crippen molar-refractivity contribution in [3.8, 4) is 0 Å². The van der Waals surface area contributed by atoms with E-state index in [2.05, 4.69) is 41.7 Å². The van der Waals surface area contributed by atoms with Gasteiger partial charge in [0.2, 0.25) is 0 Å². The van der Waals surface area contributed by atoms with Crippen molar-refractivity contribution in [2.24, 2.45) is 0 Å². The van der Waals surface area contributed by atoms with Crippen LogP contribution < -0.4 is 10.6 Å². The van der Waals surface area contributed by atoms with Gasteiger partial charge in [0.15, 0.2) is 5.16 Å². The fourth-order valence-electron chi connectivity index (χ4n) is 3.55. The molecule has 1 fully saturated rings. The van der Waals surface area contributed by atoms with Crippen LogP contribution in [-0.4, -0.2) is 43.8 Å². The number of hydrogen-bond acceptors (Lipinski definition) is 7. The Bertz CT molecular complexity index is 888. The van der Waals surface area contributed by atoms with Gasteiger partial charge in [0.1, 0.15) is 17.5 Å². The lowest BCUT2D eigenvalue weighted by Gasteiger charge is -2.32. The quantitative estimate of drug-likeness (QED) is 0.537. The Labute approximate surface area is 163 Å². The fraction of sp³-hybridized carbons (Fsp3) is 0.368. The lowest BCUT2D eigenvalue weighted by atomic mass is 9.96. The Morgan fingerprint density at radius 3 is 2.81 bits per heavy atom. The van der Waals surface area contributed by atoms with Gasteiger partial charge >= 0.3 is 0 Å². The van der Waals surface area contributed by atoms with Crippen LogP contribution in [0.15, 0.2) is 48.1 Å². The molecule has 3 aromatic rings. The van der Waals surface area contributed by atoms with Gasteiger partial charge in [-0.15, -0.1) is 0 Å². The average Bonchev–Trinajstić information content (AvgIpc) is 3.16. The zero-order valence-electron chi connectivity index (χ0n) is 15.3. The number of nitrogens with two attached hydrogens (primary N) is 1. The van der Waals surface area contributed by atoms with E-state index in [-0.39, 0.29) is 0 Å². The topological polar surface area (TPSA) is 85.8 Å². The number of imidazole rings is 1. The van der Waals surface area contributed by atoms with Crippen LogP contribution in [0.3, 0.4) is 0 Å². The molecule has 0 unspecified atom stereocenters. The van der Waals surface area contributed by atoms with Gasteiger partial charge in [-0.2, -0.15) is 0 Å². The molecule has 0 aromatic carbocycles. The van der Waals surface area contributed by atoms with Gasteiger partial charge in [-0.1, -0.05) is 17.8 Å². The van der Waals surface area contributed by atoms with Crippen LogP contribution in [0.2, 0.25) is 0 Å². The van der Waals surface area contributed by atoms with Crippen LogP contribution >= 0.6 is 11.8 Å². The number of aromatic nitrogens is 5. The molecule has 1 aliphatic heterocycles. The minimum Gasteiger partial charge on any atom is -0.383 e. The first-order chi connectivity index (χ1) is 13.2. The first kappa shape index (κ1) is 17.8. The van der Waals surface area contributed by atoms with E-state index >= 15 is 0 Å². The lowest BCUT2D eigenvalue weighted by Crippen LogP contribution is -2.34. The van der Waals surface area contributed by atoms with Crippen molar-refractivity contribution in [1.82, 2.24) is 24.5 Å². The predicted octanol–water partition coefficient (Wildman–Crippen LogP) is 2.80. The summed E-state index contributed by atoms with van der Waals surface area (Å²) in [5.74, 6) is 3.06. The summed E-state index contributed by atoms with van der Waals surface area (Å²) in [7, 11) is 0. The third-order valence-electron chi connectivity index (χ3n) is 4.90. The first-order valence-corrected chi connectivity index (χ1v) is 10.3. The zero-order chi connectivity index (χ0) is 18.6. The second-order valence-corrected chi connectivity index (χ2v) is 7.45. The lowest BCUT2D eigenvalue weighted by molar-refractivity contribution is 0.467. The molecule has 8 heteroatoms. The van der Waals surface area contributed by atoms with Crippen molar-refractivity contribution in [3.63, 3.8) is 0 Å². The fourth-order valence-corrected chi connectivity index (χ4v) is 3.93. The third-order valence-corrected chi connectivity index (χ3v) is 5.45. The number of anilines is 2. The van der Waals surface area contributed by atoms with Gasteiger partial charge in [0.25, 0.3) is 0 Å². The average molecular weight is 382 g/mol. The van der Waals surface area contributed by atoms with Crippen molar-refractivity contribution in [3.05, 3.63) is 54.4 Å². The van der Waals surface area contributed by atoms with Gasteiger partial charge in [0, 0.05) is 49.9 Å². The highest BCUT2D eigenvalue weighted by atomic mass is 32.2. The highest BCUT2D eigenvalue weighted by Crippen LogP contribution is 2.30. The summed E-state index contributed by atoms with van der Waals surface area (Å²) >= 11 is 1.52. The highest BCUT2D eigenvalue weighted by Gasteiger charge is 2.25. The molecule has 3 aromatic heterocycles. The molecule has 4 rings (SSSR count). The molecule has 4 heterocycles. The molecule has 0 bridgehead atoms. The number of hydrogen-bond donors (Lipinski definition) is 1. The maximum absolute atomic E-state index is 5.93. The summed E-state index contributed by atoms with van der Waals surface area (Å²) in [6.45, 7) is 2.69. The normalized spacial score (nSPS) is 15.2. The minimum atomic E-state index is 0.451. The molecule has 1 saturated heterocycles. The van der Waals surface area contributed by atoms with E-state index in [1.54, 1.807) is 6.20 Å². The van der Waals surface area contributed by atoms with Crippen LogP contribution in [0.5, 0.6) is 0 Å². The largest absolute Gasteiger partial charge is 0.383 e. The Morgan fingerprint density at radius 1 is 1.22 bits per heavy atom. The summed E-state index contributed by atoms with van der Waals surface area (Å²) in [5, 5.41) is 0.721. The molecule has 0 amide bonds. The Hall–Kier alpha value is -2.61. The molecule has 0 aliphatic carbocycles. The first-order valence-electron chi connectivity index (χ1n) is 9.06. The summed E-state index contributed by atoms with van der Waals surface area (Å²) in [6, 6.07) is 5.94. The van der Waals surface area contributed by atoms with Crippen LogP contribution in [-0.2, 0) is 6.54 Å². The second kappa shape index (κ2) is 7.96. The monoisotopic (exact) mass is 381 g/mol. The molecule has 27 heavy (non-hydrogen) atoms. The summed E-state index contributed by atoms with van der Waals surface area (Å²) in [5.41, 5.74) is 7.12. The number of thioether (sulfide) groups is 1. The van der Waals surface area contributed by atoms with Crippen LogP contribution in [0, 0.1) is 0 Å².